The SMILES string of the molecule is CCCCCCn1c(C)nc2ccc(C(=O)O)cc21. The van der Waals surface area contributed by atoms with E-state index in [1.165, 1.54) is 19.3 Å². The summed E-state index contributed by atoms with van der Waals surface area (Å²) in [4.78, 5) is 15.5. The van der Waals surface area contributed by atoms with Gasteiger partial charge in [0.25, 0.3) is 0 Å². The molecule has 0 saturated heterocycles. The molecule has 4 nitrogen and oxygen atoms in total. The van der Waals surface area contributed by atoms with Crippen LogP contribution in [0.2, 0.25) is 0 Å². The topological polar surface area (TPSA) is 55.1 Å². The van der Waals surface area contributed by atoms with Crippen molar-refractivity contribution in [3.63, 3.8) is 0 Å². The number of aryl methyl sites for hydroxylation is 2. The minimum Gasteiger partial charge on any atom is -0.478 e. The number of benzene rings is 1. The molecule has 0 saturated carbocycles. The summed E-state index contributed by atoms with van der Waals surface area (Å²) in [6, 6.07) is 5.12. The molecular weight excluding hydrogens is 240 g/mol. The number of nitrogens with zero attached hydrogens (tertiary/aromatic N) is 2. The summed E-state index contributed by atoms with van der Waals surface area (Å²) >= 11 is 0. The van der Waals surface area contributed by atoms with Crippen molar-refractivity contribution in [1.82, 2.24) is 9.55 Å². The Labute approximate surface area is 113 Å². The number of unbranched alkanes of at least 4 members (excludes halogenated alkanes) is 3. The lowest BCUT2D eigenvalue weighted by Crippen LogP contribution is -2.02. The van der Waals surface area contributed by atoms with E-state index >= 15 is 0 Å². The van der Waals surface area contributed by atoms with Crippen molar-refractivity contribution in [3.05, 3.63) is 29.6 Å². The van der Waals surface area contributed by atoms with Gasteiger partial charge in [0.15, 0.2) is 0 Å². The number of aromatic carboxylic acids is 1. The standard InChI is InChI=1S/C15H20N2O2/c1-3-4-5-6-9-17-11(2)16-13-8-7-12(15(18)19)10-14(13)17/h7-8,10H,3-6,9H2,1-2H3,(H,18,19). The van der Waals surface area contributed by atoms with Crippen molar-refractivity contribution >= 4 is 17.0 Å². The second kappa shape index (κ2) is 5.87. The van der Waals surface area contributed by atoms with Crippen LogP contribution >= 0.6 is 0 Å². The normalized spacial score (nSPS) is 11.1. The molecule has 0 spiro atoms. The van der Waals surface area contributed by atoms with Gasteiger partial charge in [0, 0.05) is 6.54 Å². The average molecular weight is 260 g/mol. The molecule has 102 valence electrons. The fourth-order valence-corrected chi connectivity index (χ4v) is 2.36. The summed E-state index contributed by atoms with van der Waals surface area (Å²) in [5, 5.41) is 9.06. The lowest BCUT2D eigenvalue weighted by molar-refractivity contribution is 0.0697. The van der Waals surface area contributed by atoms with Crippen LogP contribution in [0.15, 0.2) is 18.2 Å². The molecule has 0 fully saturated rings. The fourth-order valence-electron chi connectivity index (χ4n) is 2.36. The number of fused-ring (bicyclic) bond motifs is 1. The van der Waals surface area contributed by atoms with Gasteiger partial charge in [0.1, 0.15) is 5.82 Å². The molecule has 0 amide bonds. The Kier molecular flexibility index (Phi) is 4.20. The van der Waals surface area contributed by atoms with Gasteiger partial charge in [0.05, 0.1) is 16.6 Å². The van der Waals surface area contributed by atoms with Crippen LogP contribution in [0.4, 0.5) is 0 Å². The van der Waals surface area contributed by atoms with Crippen LogP contribution in [0, 0.1) is 6.92 Å². The van der Waals surface area contributed by atoms with Crippen molar-refractivity contribution in [2.75, 3.05) is 0 Å². The number of carboxylic acids is 1. The number of hydrogen-bond acceptors (Lipinski definition) is 2. The third kappa shape index (κ3) is 2.95. The van der Waals surface area contributed by atoms with Crippen molar-refractivity contribution in [1.29, 1.82) is 0 Å². The van der Waals surface area contributed by atoms with E-state index in [0.29, 0.717) is 5.56 Å². The number of aromatic nitrogens is 2. The zero-order chi connectivity index (χ0) is 13.8. The van der Waals surface area contributed by atoms with E-state index in [-0.39, 0.29) is 0 Å². The third-order valence-corrected chi connectivity index (χ3v) is 3.42. The van der Waals surface area contributed by atoms with Gasteiger partial charge >= 0.3 is 5.97 Å². The summed E-state index contributed by atoms with van der Waals surface area (Å²) < 4.78 is 2.12. The van der Waals surface area contributed by atoms with E-state index in [1.54, 1.807) is 18.2 Å². The fraction of sp³-hybridized carbons (Fsp3) is 0.467. The first-order chi connectivity index (χ1) is 9.13. The summed E-state index contributed by atoms with van der Waals surface area (Å²) in [7, 11) is 0. The van der Waals surface area contributed by atoms with Gasteiger partial charge in [-0.2, -0.15) is 0 Å². The smallest absolute Gasteiger partial charge is 0.335 e. The van der Waals surface area contributed by atoms with E-state index < -0.39 is 5.97 Å². The Bertz CT molecular complexity index is 587. The van der Waals surface area contributed by atoms with Gasteiger partial charge in [-0.15, -0.1) is 0 Å². The molecule has 0 aliphatic carbocycles. The highest BCUT2D eigenvalue weighted by Gasteiger charge is 2.10. The highest BCUT2D eigenvalue weighted by Crippen LogP contribution is 2.19. The highest BCUT2D eigenvalue weighted by molar-refractivity contribution is 5.92. The Hall–Kier alpha value is -1.84. The highest BCUT2D eigenvalue weighted by atomic mass is 16.4. The lowest BCUT2D eigenvalue weighted by Gasteiger charge is -2.06. The molecule has 1 heterocycles. The first kappa shape index (κ1) is 13.6. The third-order valence-electron chi connectivity index (χ3n) is 3.42. The zero-order valence-corrected chi connectivity index (χ0v) is 11.5. The van der Waals surface area contributed by atoms with Crippen LogP contribution in [0.5, 0.6) is 0 Å². The predicted octanol–water partition coefficient (Wildman–Crippen LogP) is 3.62. The van der Waals surface area contributed by atoms with Gasteiger partial charge in [0.2, 0.25) is 0 Å². The van der Waals surface area contributed by atoms with Gasteiger partial charge in [-0.3, -0.25) is 0 Å². The van der Waals surface area contributed by atoms with Gasteiger partial charge in [-0.05, 0) is 31.5 Å². The lowest BCUT2D eigenvalue weighted by atomic mass is 10.2. The molecule has 0 radical (unpaired) electrons. The molecule has 0 atom stereocenters. The number of carbonyl (C=O) groups is 1. The molecule has 2 rings (SSSR count). The van der Waals surface area contributed by atoms with Gasteiger partial charge in [-0.25, -0.2) is 9.78 Å². The summed E-state index contributed by atoms with van der Waals surface area (Å²) in [5.74, 6) is 0.0623. The maximum absolute atomic E-state index is 11.0. The van der Waals surface area contributed by atoms with Crippen LogP contribution in [0.1, 0.15) is 48.8 Å². The minimum absolute atomic E-state index is 0.321. The van der Waals surface area contributed by atoms with Crippen molar-refractivity contribution < 1.29 is 9.90 Å². The molecule has 0 aliphatic rings. The molecular formula is C15H20N2O2. The van der Waals surface area contributed by atoms with E-state index in [0.717, 1.165) is 29.8 Å². The van der Waals surface area contributed by atoms with Crippen LogP contribution in [-0.4, -0.2) is 20.6 Å². The summed E-state index contributed by atoms with van der Waals surface area (Å²) in [5.41, 5.74) is 2.12. The van der Waals surface area contributed by atoms with E-state index in [4.69, 9.17) is 5.11 Å². The van der Waals surface area contributed by atoms with Crippen molar-refractivity contribution in [2.45, 2.75) is 46.1 Å². The quantitative estimate of drug-likeness (QED) is 0.807. The largest absolute Gasteiger partial charge is 0.478 e. The number of carboxylic acid groups (broad SMARTS) is 1. The second-order valence-corrected chi connectivity index (χ2v) is 4.88. The van der Waals surface area contributed by atoms with Crippen molar-refractivity contribution in [3.8, 4) is 0 Å². The molecule has 1 aromatic carbocycles. The number of imidazole rings is 1. The van der Waals surface area contributed by atoms with Crippen LogP contribution in [-0.2, 0) is 6.54 Å². The molecule has 0 unspecified atom stereocenters. The van der Waals surface area contributed by atoms with Crippen LogP contribution < -0.4 is 0 Å². The predicted molar refractivity (Wildman–Crippen MR) is 75.6 cm³/mol. The molecule has 19 heavy (non-hydrogen) atoms. The van der Waals surface area contributed by atoms with Crippen LogP contribution in [0.25, 0.3) is 11.0 Å². The Morgan fingerprint density at radius 2 is 2.11 bits per heavy atom. The Balaban J connectivity index is 2.28. The zero-order valence-electron chi connectivity index (χ0n) is 11.5. The second-order valence-electron chi connectivity index (χ2n) is 4.88. The maximum Gasteiger partial charge on any atom is 0.335 e. The Morgan fingerprint density at radius 3 is 2.79 bits per heavy atom. The summed E-state index contributed by atoms with van der Waals surface area (Å²) in [6.07, 6.45) is 4.77. The molecule has 1 N–H and O–H groups in total. The monoisotopic (exact) mass is 260 g/mol. The number of rotatable bonds is 6. The minimum atomic E-state index is -0.890. The Morgan fingerprint density at radius 1 is 1.32 bits per heavy atom. The van der Waals surface area contributed by atoms with Gasteiger partial charge in [-0.1, -0.05) is 26.2 Å². The molecule has 1 aromatic heterocycles. The van der Waals surface area contributed by atoms with E-state index in [9.17, 15) is 4.79 Å². The molecule has 4 heteroatoms. The van der Waals surface area contributed by atoms with E-state index in [1.807, 2.05) is 6.92 Å². The number of hydrogen-bond donors (Lipinski definition) is 1. The first-order valence-electron chi connectivity index (χ1n) is 6.83. The summed E-state index contributed by atoms with van der Waals surface area (Å²) in [6.45, 7) is 5.07. The molecule has 0 aliphatic heterocycles. The first-order valence-corrected chi connectivity index (χ1v) is 6.83. The van der Waals surface area contributed by atoms with Crippen molar-refractivity contribution in [2.24, 2.45) is 0 Å². The van der Waals surface area contributed by atoms with Crippen LogP contribution in [0.3, 0.4) is 0 Å². The molecule has 0 bridgehead atoms. The maximum atomic E-state index is 11.0. The molecule has 2 aromatic rings. The average Bonchev–Trinajstić information content (AvgIpc) is 2.70. The van der Waals surface area contributed by atoms with Gasteiger partial charge < -0.3 is 9.67 Å². The van der Waals surface area contributed by atoms with E-state index in [2.05, 4.69) is 16.5 Å².